The first-order valence-corrected chi connectivity index (χ1v) is 12.1. The molecule has 0 saturated carbocycles. The lowest BCUT2D eigenvalue weighted by atomic mass is 9.89. The maximum atomic E-state index is 14.2. The molecule has 8 heteroatoms. The fourth-order valence-electron chi connectivity index (χ4n) is 4.35. The Bertz CT molecular complexity index is 1350. The fourth-order valence-corrected chi connectivity index (χ4v) is 6.36. The van der Waals surface area contributed by atoms with Crippen molar-refractivity contribution >= 4 is 16.0 Å². The number of aryl methyl sites for hydroxylation is 1. The zero-order chi connectivity index (χ0) is 24.5. The van der Waals surface area contributed by atoms with Crippen molar-refractivity contribution in [2.24, 2.45) is 0 Å². The van der Waals surface area contributed by atoms with E-state index in [1.807, 2.05) is 0 Å². The van der Waals surface area contributed by atoms with E-state index in [-0.39, 0.29) is 22.5 Å². The number of benzene rings is 3. The van der Waals surface area contributed by atoms with Crippen LogP contribution in [0.4, 0.5) is 4.39 Å². The van der Waals surface area contributed by atoms with E-state index in [9.17, 15) is 22.7 Å². The average molecular weight is 482 g/mol. The number of ether oxygens (including phenoxy) is 1. The Balaban J connectivity index is 1.98. The molecule has 0 radical (unpaired) electrons. The Hall–Kier alpha value is -3.49. The van der Waals surface area contributed by atoms with Gasteiger partial charge >= 0.3 is 5.97 Å². The second kappa shape index (κ2) is 9.40. The monoisotopic (exact) mass is 481 g/mol. The van der Waals surface area contributed by atoms with Gasteiger partial charge in [0.25, 0.3) is 0 Å². The van der Waals surface area contributed by atoms with E-state index in [2.05, 4.69) is 0 Å². The van der Waals surface area contributed by atoms with Gasteiger partial charge in [0.15, 0.2) is 0 Å². The predicted molar refractivity (Wildman–Crippen MR) is 125 cm³/mol. The highest BCUT2D eigenvalue weighted by Gasteiger charge is 2.45. The molecular weight excluding hydrogens is 457 g/mol. The van der Waals surface area contributed by atoms with Crippen molar-refractivity contribution < 1.29 is 27.4 Å². The second-order valence-electron chi connectivity index (χ2n) is 8.05. The SMILES string of the molecule is COc1ccc([C@@H]2CC=C(C(=O)O)[C@H](c3cccc(F)c3)N2S(=O)(=O)c2ccccc2C)cc1. The molecule has 4 rings (SSSR count). The molecule has 0 spiro atoms. The lowest BCUT2D eigenvalue weighted by Crippen LogP contribution is -2.42. The van der Waals surface area contributed by atoms with Gasteiger partial charge in [-0.05, 0) is 60.4 Å². The number of rotatable bonds is 6. The Morgan fingerprint density at radius 3 is 2.35 bits per heavy atom. The molecule has 0 bridgehead atoms. The van der Waals surface area contributed by atoms with Crippen LogP contribution >= 0.6 is 0 Å². The highest BCUT2D eigenvalue weighted by molar-refractivity contribution is 7.89. The molecule has 0 fully saturated rings. The van der Waals surface area contributed by atoms with Gasteiger partial charge in [-0.3, -0.25) is 0 Å². The predicted octanol–water partition coefficient (Wildman–Crippen LogP) is 5.03. The van der Waals surface area contributed by atoms with Crippen molar-refractivity contribution in [3.8, 4) is 5.75 Å². The van der Waals surface area contributed by atoms with Gasteiger partial charge in [-0.2, -0.15) is 4.31 Å². The number of carboxylic acid groups (broad SMARTS) is 1. The summed E-state index contributed by atoms with van der Waals surface area (Å²) in [5.74, 6) is -1.23. The zero-order valence-electron chi connectivity index (χ0n) is 18.7. The minimum atomic E-state index is -4.21. The number of nitrogens with zero attached hydrogens (tertiary/aromatic N) is 1. The third kappa shape index (κ3) is 4.34. The molecule has 176 valence electrons. The van der Waals surface area contributed by atoms with Gasteiger partial charge in [-0.15, -0.1) is 0 Å². The standard InChI is InChI=1S/C26H24FNO5S/c1-17-6-3-4-9-24(17)34(31,32)28-23(18-10-12-21(33-2)13-11-18)15-14-22(26(29)30)25(28)19-7-5-8-20(27)16-19/h3-14,16,23,25H,15H2,1-2H3,(H,29,30)/t23-,25-/m0/s1. The Kier molecular flexibility index (Phi) is 6.54. The highest BCUT2D eigenvalue weighted by Crippen LogP contribution is 2.46. The summed E-state index contributed by atoms with van der Waals surface area (Å²) in [5, 5.41) is 9.97. The molecule has 0 aromatic heterocycles. The van der Waals surface area contributed by atoms with Crippen LogP contribution in [0.15, 0.2) is 89.3 Å². The first-order valence-electron chi connectivity index (χ1n) is 10.7. The quantitative estimate of drug-likeness (QED) is 0.534. The molecule has 0 unspecified atom stereocenters. The highest BCUT2D eigenvalue weighted by atomic mass is 32.2. The normalized spacial score (nSPS) is 18.9. The van der Waals surface area contributed by atoms with Crippen molar-refractivity contribution in [2.45, 2.75) is 30.3 Å². The minimum absolute atomic E-state index is 0.0709. The van der Waals surface area contributed by atoms with Crippen molar-refractivity contribution in [1.82, 2.24) is 4.31 Å². The summed E-state index contributed by atoms with van der Waals surface area (Å²) in [5.41, 5.74) is 1.32. The fraction of sp³-hybridized carbons (Fsp3) is 0.192. The number of halogens is 1. The summed E-state index contributed by atoms with van der Waals surface area (Å²) in [6, 6.07) is 17.0. The molecule has 6 nitrogen and oxygen atoms in total. The van der Waals surface area contributed by atoms with Gasteiger partial charge in [0, 0.05) is 0 Å². The topological polar surface area (TPSA) is 83.9 Å². The van der Waals surface area contributed by atoms with Crippen LogP contribution in [0.3, 0.4) is 0 Å². The Morgan fingerprint density at radius 2 is 1.74 bits per heavy atom. The van der Waals surface area contributed by atoms with E-state index in [1.54, 1.807) is 55.5 Å². The molecule has 1 heterocycles. The number of carboxylic acids is 1. The molecule has 1 aliphatic rings. The minimum Gasteiger partial charge on any atom is -0.497 e. The number of hydrogen-bond acceptors (Lipinski definition) is 4. The van der Waals surface area contributed by atoms with Crippen LogP contribution in [0, 0.1) is 12.7 Å². The van der Waals surface area contributed by atoms with Crippen LogP contribution in [0.2, 0.25) is 0 Å². The zero-order valence-corrected chi connectivity index (χ0v) is 19.5. The molecule has 3 aromatic rings. The van der Waals surface area contributed by atoms with Crippen LogP contribution in [0.5, 0.6) is 5.75 Å². The average Bonchev–Trinajstić information content (AvgIpc) is 2.83. The van der Waals surface area contributed by atoms with E-state index in [4.69, 9.17) is 4.74 Å². The van der Waals surface area contributed by atoms with E-state index < -0.39 is 33.9 Å². The van der Waals surface area contributed by atoms with E-state index in [0.717, 1.165) is 0 Å². The maximum Gasteiger partial charge on any atom is 0.333 e. The number of aliphatic carboxylic acids is 1. The molecule has 3 aromatic carbocycles. The van der Waals surface area contributed by atoms with Crippen molar-refractivity contribution in [3.63, 3.8) is 0 Å². The van der Waals surface area contributed by atoms with Crippen molar-refractivity contribution in [3.05, 3.63) is 107 Å². The van der Waals surface area contributed by atoms with E-state index >= 15 is 0 Å². The van der Waals surface area contributed by atoms with Crippen LogP contribution in [0.1, 0.15) is 35.2 Å². The first-order chi connectivity index (χ1) is 16.2. The summed E-state index contributed by atoms with van der Waals surface area (Å²) < 4.78 is 48.9. The Morgan fingerprint density at radius 1 is 1.03 bits per heavy atom. The van der Waals surface area contributed by atoms with Crippen molar-refractivity contribution in [1.29, 1.82) is 0 Å². The third-order valence-corrected chi connectivity index (χ3v) is 8.01. The number of sulfonamides is 1. The van der Waals surface area contributed by atoms with E-state index in [0.29, 0.717) is 16.9 Å². The lowest BCUT2D eigenvalue weighted by Gasteiger charge is -2.41. The summed E-state index contributed by atoms with van der Waals surface area (Å²) >= 11 is 0. The smallest absolute Gasteiger partial charge is 0.333 e. The Labute approximate surface area is 198 Å². The molecule has 1 aliphatic heterocycles. The number of carbonyl (C=O) groups is 1. The lowest BCUT2D eigenvalue weighted by molar-refractivity contribution is -0.133. The maximum absolute atomic E-state index is 14.2. The molecule has 0 amide bonds. The summed E-state index contributed by atoms with van der Waals surface area (Å²) in [6.07, 6.45) is 1.67. The first kappa shape index (κ1) is 23.7. The molecular formula is C26H24FNO5S. The number of hydrogen-bond donors (Lipinski definition) is 1. The van der Waals surface area contributed by atoms with Crippen LogP contribution in [0.25, 0.3) is 0 Å². The van der Waals surface area contributed by atoms with Crippen LogP contribution < -0.4 is 4.74 Å². The third-order valence-electron chi connectivity index (χ3n) is 5.98. The van der Waals surface area contributed by atoms with Crippen LogP contribution in [-0.2, 0) is 14.8 Å². The summed E-state index contributed by atoms with van der Waals surface area (Å²) in [6.45, 7) is 1.68. The van der Waals surface area contributed by atoms with Gasteiger partial charge in [0.05, 0.1) is 29.7 Å². The molecule has 0 aliphatic carbocycles. The van der Waals surface area contributed by atoms with Gasteiger partial charge in [0.1, 0.15) is 11.6 Å². The summed E-state index contributed by atoms with van der Waals surface area (Å²) in [4.78, 5) is 12.3. The molecule has 1 N–H and O–H groups in total. The number of methoxy groups -OCH3 is 1. The van der Waals surface area contributed by atoms with Crippen LogP contribution in [-0.4, -0.2) is 30.9 Å². The molecule has 34 heavy (non-hydrogen) atoms. The molecule has 2 atom stereocenters. The second-order valence-corrected chi connectivity index (χ2v) is 9.86. The largest absolute Gasteiger partial charge is 0.497 e. The van der Waals surface area contributed by atoms with E-state index in [1.165, 1.54) is 41.8 Å². The van der Waals surface area contributed by atoms with Gasteiger partial charge in [0.2, 0.25) is 10.0 Å². The van der Waals surface area contributed by atoms with Gasteiger partial charge in [-0.25, -0.2) is 17.6 Å². The van der Waals surface area contributed by atoms with Crippen molar-refractivity contribution in [2.75, 3.05) is 7.11 Å². The molecule has 0 saturated heterocycles. The van der Waals surface area contributed by atoms with Gasteiger partial charge in [-0.1, -0.05) is 48.5 Å². The van der Waals surface area contributed by atoms with Gasteiger partial charge < -0.3 is 9.84 Å². The summed E-state index contributed by atoms with van der Waals surface area (Å²) in [7, 11) is -2.67.